The second-order valence-electron chi connectivity index (χ2n) is 3.76. The summed E-state index contributed by atoms with van der Waals surface area (Å²) in [6.45, 7) is 2.00. The van der Waals surface area contributed by atoms with Gasteiger partial charge in [-0.15, -0.1) is 0 Å². The molecule has 0 bridgehead atoms. The molecule has 1 aromatic carbocycles. The summed E-state index contributed by atoms with van der Waals surface area (Å²) in [5, 5.41) is 0.892. The van der Waals surface area contributed by atoms with Crippen molar-refractivity contribution < 1.29 is 9.53 Å². The van der Waals surface area contributed by atoms with Crippen molar-refractivity contribution >= 4 is 16.7 Å². The van der Waals surface area contributed by atoms with Crippen LogP contribution in [0.15, 0.2) is 24.4 Å². The third-order valence-electron chi connectivity index (χ3n) is 2.66. The molecule has 2 aromatic rings. The number of hydrogen-bond acceptors (Lipinski definition) is 2. The third kappa shape index (κ3) is 1.69. The Bertz CT molecular complexity index is 514. The van der Waals surface area contributed by atoms with Crippen molar-refractivity contribution in [3.05, 3.63) is 30.0 Å². The van der Waals surface area contributed by atoms with Gasteiger partial charge in [0.2, 0.25) is 0 Å². The fraction of sp³-hybridized carbons (Fsp3) is 0.308. The summed E-state index contributed by atoms with van der Waals surface area (Å²) >= 11 is 0. The Morgan fingerprint density at radius 1 is 1.44 bits per heavy atom. The highest BCUT2D eigenvalue weighted by Crippen LogP contribution is 2.29. The predicted octanol–water partition coefficient (Wildman–Crippen LogP) is 3.16. The lowest BCUT2D eigenvalue weighted by molar-refractivity contribution is 0.0983. The Balaban J connectivity index is 2.58. The lowest BCUT2D eigenvalue weighted by atomic mass is 10.1. The van der Waals surface area contributed by atoms with Crippen molar-refractivity contribution in [2.75, 3.05) is 7.11 Å². The second kappa shape index (κ2) is 4.39. The Labute approximate surface area is 94.4 Å². The highest BCUT2D eigenvalue weighted by molar-refractivity contribution is 6.09. The number of ketones is 1. The van der Waals surface area contributed by atoms with Gasteiger partial charge in [-0.2, -0.15) is 0 Å². The zero-order valence-electron chi connectivity index (χ0n) is 9.54. The number of carbonyl (C=O) groups is 1. The second-order valence-corrected chi connectivity index (χ2v) is 3.76. The van der Waals surface area contributed by atoms with Crippen LogP contribution in [-0.2, 0) is 0 Å². The first-order valence-corrected chi connectivity index (χ1v) is 5.45. The van der Waals surface area contributed by atoms with Crippen LogP contribution in [0.5, 0.6) is 5.75 Å². The van der Waals surface area contributed by atoms with Crippen LogP contribution in [0, 0.1) is 0 Å². The Kier molecular flexibility index (Phi) is 2.95. The van der Waals surface area contributed by atoms with E-state index in [-0.39, 0.29) is 5.78 Å². The minimum atomic E-state index is 0.165. The van der Waals surface area contributed by atoms with E-state index in [1.165, 1.54) is 0 Å². The van der Waals surface area contributed by atoms with E-state index in [1.807, 2.05) is 25.1 Å². The first-order chi connectivity index (χ1) is 7.77. The van der Waals surface area contributed by atoms with Crippen molar-refractivity contribution in [1.82, 2.24) is 4.98 Å². The van der Waals surface area contributed by atoms with E-state index in [4.69, 9.17) is 4.74 Å². The molecule has 1 aromatic heterocycles. The molecule has 1 heterocycles. The lowest BCUT2D eigenvalue weighted by Gasteiger charge is -2.03. The van der Waals surface area contributed by atoms with E-state index in [0.717, 1.165) is 28.6 Å². The zero-order valence-corrected chi connectivity index (χ0v) is 9.54. The van der Waals surface area contributed by atoms with Gasteiger partial charge in [-0.05, 0) is 18.6 Å². The van der Waals surface area contributed by atoms with Gasteiger partial charge in [-0.3, -0.25) is 4.79 Å². The Morgan fingerprint density at radius 2 is 2.25 bits per heavy atom. The molecule has 0 saturated carbocycles. The normalized spacial score (nSPS) is 10.6. The van der Waals surface area contributed by atoms with E-state index in [0.29, 0.717) is 6.42 Å². The molecule has 0 aliphatic carbocycles. The number of rotatable bonds is 4. The lowest BCUT2D eigenvalue weighted by Crippen LogP contribution is -1.97. The van der Waals surface area contributed by atoms with Crippen LogP contribution in [0.1, 0.15) is 30.1 Å². The molecule has 16 heavy (non-hydrogen) atoms. The van der Waals surface area contributed by atoms with E-state index in [1.54, 1.807) is 13.3 Å². The molecular formula is C13H15NO2. The van der Waals surface area contributed by atoms with Gasteiger partial charge in [-0.1, -0.05) is 13.0 Å². The summed E-state index contributed by atoms with van der Waals surface area (Å²) in [6, 6.07) is 5.73. The van der Waals surface area contributed by atoms with Gasteiger partial charge in [0.25, 0.3) is 0 Å². The largest absolute Gasteiger partial charge is 0.496 e. The van der Waals surface area contributed by atoms with Crippen molar-refractivity contribution in [3.63, 3.8) is 0 Å². The number of benzene rings is 1. The minimum absolute atomic E-state index is 0.165. The Hall–Kier alpha value is -1.77. The SMILES string of the molecule is CCCC(=O)c1c[nH]c2cccc(OC)c12. The van der Waals surface area contributed by atoms with Crippen LogP contribution < -0.4 is 4.74 Å². The molecule has 2 rings (SSSR count). The van der Waals surface area contributed by atoms with Crippen LogP contribution >= 0.6 is 0 Å². The number of methoxy groups -OCH3 is 1. The summed E-state index contributed by atoms with van der Waals surface area (Å²) < 4.78 is 5.28. The summed E-state index contributed by atoms with van der Waals surface area (Å²) in [4.78, 5) is 15.0. The molecule has 0 aliphatic rings. The van der Waals surface area contributed by atoms with Gasteiger partial charge in [0, 0.05) is 23.7 Å². The van der Waals surface area contributed by atoms with Gasteiger partial charge in [0.15, 0.2) is 5.78 Å². The van der Waals surface area contributed by atoms with Crippen LogP contribution in [-0.4, -0.2) is 17.9 Å². The van der Waals surface area contributed by atoms with Crippen LogP contribution in [0.25, 0.3) is 10.9 Å². The van der Waals surface area contributed by atoms with Crippen molar-refractivity contribution in [2.24, 2.45) is 0 Å². The highest BCUT2D eigenvalue weighted by atomic mass is 16.5. The summed E-state index contributed by atoms with van der Waals surface area (Å²) in [6.07, 6.45) is 3.21. The molecule has 0 spiro atoms. The highest BCUT2D eigenvalue weighted by Gasteiger charge is 2.14. The molecule has 3 heteroatoms. The maximum Gasteiger partial charge on any atom is 0.165 e. The fourth-order valence-electron chi connectivity index (χ4n) is 1.90. The van der Waals surface area contributed by atoms with Crippen LogP contribution in [0.2, 0.25) is 0 Å². The Morgan fingerprint density at radius 3 is 2.94 bits per heavy atom. The number of aromatic amines is 1. The monoisotopic (exact) mass is 217 g/mol. The molecule has 0 saturated heterocycles. The van der Waals surface area contributed by atoms with Crippen molar-refractivity contribution in [2.45, 2.75) is 19.8 Å². The van der Waals surface area contributed by atoms with E-state index in [2.05, 4.69) is 4.98 Å². The zero-order chi connectivity index (χ0) is 11.5. The van der Waals surface area contributed by atoms with Crippen molar-refractivity contribution in [3.8, 4) is 5.75 Å². The van der Waals surface area contributed by atoms with Gasteiger partial charge in [0.05, 0.1) is 12.5 Å². The van der Waals surface area contributed by atoms with Crippen LogP contribution in [0.4, 0.5) is 0 Å². The molecular weight excluding hydrogens is 202 g/mol. The molecule has 0 radical (unpaired) electrons. The molecule has 0 unspecified atom stereocenters. The minimum Gasteiger partial charge on any atom is -0.496 e. The number of aromatic nitrogens is 1. The van der Waals surface area contributed by atoms with Gasteiger partial charge >= 0.3 is 0 Å². The number of fused-ring (bicyclic) bond motifs is 1. The van der Waals surface area contributed by atoms with Crippen LogP contribution in [0.3, 0.4) is 0 Å². The third-order valence-corrected chi connectivity index (χ3v) is 2.66. The number of Topliss-reactive ketones (excluding diaryl/α,β-unsaturated/α-hetero) is 1. The van der Waals surface area contributed by atoms with Gasteiger partial charge < -0.3 is 9.72 Å². The molecule has 0 amide bonds. The number of nitrogens with one attached hydrogen (secondary N) is 1. The molecule has 0 aliphatic heterocycles. The van der Waals surface area contributed by atoms with Crippen molar-refractivity contribution in [1.29, 1.82) is 0 Å². The molecule has 3 nitrogen and oxygen atoms in total. The molecule has 84 valence electrons. The maximum absolute atomic E-state index is 11.9. The summed E-state index contributed by atoms with van der Waals surface area (Å²) in [7, 11) is 1.62. The molecule has 0 fully saturated rings. The summed E-state index contributed by atoms with van der Waals surface area (Å²) in [5.41, 5.74) is 1.67. The molecule has 1 N–H and O–H groups in total. The number of ether oxygens (including phenoxy) is 1. The van der Waals surface area contributed by atoms with Gasteiger partial charge in [0.1, 0.15) is 5.75 Å². The summed E-state index contributed by atoms with van der Waals surface area (Å²) in [5.74, 6) is 0.913. The average molecular weight is 217 g/mol. The smallest absolute Gasteiger partial charge is 0.165 e. The van der Waals surface area contributed by atoms with Gasteiger partial charge in [-0.25, -0.2) is 0 Å². The fourth-order valence-corrected chi connectivity index (χ4v) is 1.90. The topological polar surface area (TPSA) is 42.1 Å². The quantitative estimate of drug-likeness (QED) is 0.799. The first kappa shape index (κ1) is 10.7. The maximum atomic E-state index is 11.9. The van der Waals surface area contributed by atoms with E-state index >= 15 is 0 Å². The predicted molar refractivity (Wildman–Crippen MR) is 64.1 cm³/mol. The average Bonchev–Trinajstić information content (AvgIpc) is 2.72. The standard InChI is InChI=1S/C13H15NO2/c1-3-5-11(15)9-8-14-10-6-4-7-12(16-2)13(9)10/h4,6-8,14H,3,5H2,1-2H3. The van der Waals surface area contributed by atoms with E-state index in [9.17, 15) is 4.79 Å². The van der Waals surface area contributed by atoms with E-state index < -0.39 is 0 Å². The number of H-pyrrole nitrogens is 1. The molecule has 0 atom stereocenters. The number of hydrogen-bond donors (Lipinski definition) is 1. The number of carbonyl (C=O) groups excluding carboxylic acids is 1. The first-order valence-electron chi connectivity index (χ1n) is 5.45.